The third kappa shape index (κ3) is 3.57. The Morgan fingerprint density at radius 2 is 1.94 bits per heavy atom. The average Bonchev–Trinajstić information content (AvgIpc) is 2.77. The lowest BCUT2D eigenvalue weighted by Crippen LogP contribution is -2.57. The first-order valence-corrected chi connectivity index (χ1v) is 11.7. The van der Waals surface area contributed by atoms with Crippen LogP contribution >= 0.6 is 22.6 Å². The number of amides is 1. The molecule has 1 aromatic rings. The number of ketones is 2. The number of benzene rings is 1. The largest absolute Gasteiger partial charge is 0.508 e. The van der Waals surface area contributed by atoms with Gasteiger partial charge in [-0.1, -0.05) is 0 Å². The number of allylic oxidation sites excluding steroid dienone is 2. The molecule has 3 atom stereocenters. The van der Waals surface area contributed by atoms with E-state index >= 15 is 0 Å². The highest BCUT2D eigenvalue weighted by molar-refractivity contribution is 14.1. The Labute approximate surface area is 207 Å². The van der Waals surface area contributed by atoms with Crippen LogP contribution in [0.15, 0.2) is 34.8 Å². The van der Waals surface area contributed by atoms with Crippen molar-refractivity contribution < 1.29 is 44.0 Å². The van der Waals surface area contributed by atoms with Crippen LogP contribution in [0.25, 0.3) is 0 Å². The van der Waals surface area contributed by atoms with Crippen LogP contribution in [0.4, 0.5) is 0 Å². The van der Waals surface area contributed by atoms with Gasteiger partial charge >= 0.3 is 5.97 Å². The van der Waals surface area contributed by atoms with Gasteiger partial charge in [-0.05, 0) is 66.0 Å². The molecule has 0 saturated carbocycles. The monoisotopic (exact) mass is 583 g/mol. The van der Waals surface area contributed by atoms with Crippen molar-refractivity contribution in [2.24, 2.45) is 17.6 Å². The van der Waals surface area contributed by atoms with Gasteiger partial charge in [0, 0.05) is 21.5 Å². The molecule has 1 aromatic carbocycles. The normalized spacial score (nSPS) is 26.0. The summed E-state index contributed by atoms with van der Waals surface area (Å²) >= 11 is 2.05. The second-order valence-corrected chi connectivity index (χ2v) is 9.56. The van der Waals surface area contributed by atoms with Crippen molar-refractivity contribution in [3.8, 4) is 5.75 Å². The number of aliphatic hydroxyl groups excluding tert-OH is 1. The predicted molar refractivity (Wildman–Crippen MR) is 123 cm³/mol. The van der Waals surface area contributed by atoms with E-state index in [-0.39, 0.29) is 42.1 Å². The van der Waals surface area contributed by atoms with Gasteiger partial charge in [-0.25, -0.2) is 4.79 Å². The quantitative estimate of drug-likeness (QED) is 0.226. The zero-order valence-electron chi connectivity index (χ0n) is 18.1. The van der Waals surface area contributed by atoms with Crippen LogP contribution in [0.2, 0.25) is 0 Å². The maximum Gasteiger partial charge on any atom is 0.344 e. The van der Waals surface area contributed by atoms with Crippen LogP contribution in [0.3, 0.4) is 0 Å². The second kappa shape index (κ2) is 8.69. The smallest absolute Gasteiger partial charge is 0.344 e. The summed E-state index contributed by atoms with van der Waals surface area (Å²) in [6.07, 6.45) is 0.224. The Morgan fingerprint density at radius 3 is 2.59 bits per heavy atom. The van der Waals surface area contributed by atoms with E-state index in [2.05, 4.69) is 22.6 Å². The molecule has 5 N–H and O–H groups in total. The Hall–Kier alpha value is -2.93. The van der Waals surface area contributed by atoms with Crippen molar-refractivity contribution in [2.45, 2.75) is 31.8 Å². The number of phenolic OH excluding ortho intramolecular Hbond substituents is 1. The molecule has 0 bridgehead atoms. The summed E-state index contributed by atoms with van der Waals surface area (Å²) in [4.78, 5) is 50.4. The Morgan fingerprint density at radius 1 is 1.24 bits per heavy atom. The van der Waals surface area contributed by atoms with E-state index < -0.39 is 58.8 Å². The molecule has 180 valence electrons. The molecule has 0 aliphatic heterocycles. The molecule has 0 fully saturated rings. The van der Waals surface area contributed by atoms with Crippen LogP contribution < -0.4 is 5.73 Å². The highest BCUT2D eigenvalue weighted by Crippen LogP contribution is 2.52. The van der Waals surface area contributed by atoms with Gasteiger partial charge in [-0.15, -0.1) is 0 Å². The first-order chi connectivity index (χ1) is 16.0. The van der Waals surface area contributed by atoms with Gasteiger partial charge in [0.15, 0.2) is 18.0 Å². The van der Waals surface area contributed by atoms with Crippen LogP contribution in [0, 0.1) is 15.4 Å². The van der Waals surface area contributed by atoms with E-state index in [1.807, 2.05) is 0 Å². The minimum absolute atomic E-state index is 0.0131. The molecular formula is C23H22INO9. The zero-order valence-corrected chi connectivity index (χ0v) is 20.2. The molecule has 3 aliphatic rings. The van der Waals surface area contributed by atoms with Crippen molar-refractivity contribution in [1.29, 1.82) is 0 Å². The maximum absolute atomic E-state index is 13.3. The van der Waals surface area contributed by atoms with Crippen LogP contribution in [0.1, 0.15) is 35.7 Å². The second-order valence-electron chi connectivity index (χ2n) is 8.40. The fourth-order valence-electron chi connectivity index (χ4n) is 5.04. The number of primary amides is 1. The van der Waals surface area contributed by atoms with Gasteiger partial charge in [-0.3, -0.25) is 14.4 Å². The Bertz CT molecular complexity index is 1200. The van der Waals surface area contributed by atoms with E-state index in [4.69, 9.17) is 15.2 Å². The van der Waals surface area contributed by atoms with Crippen LogP contribution in [-0.2, 0) is 30.3 Å². The van der Waals surface area contributed by atoms with E-state index in [1.54, 1.807) is 13.0 Å². The summed E-state index contributed by atoms with van der Waals surface area (Å²) in [6.45, 7) is 1.14. The van der Waals surface area contributed by atoms with Gasteiger partial charge in [0.1, 0.15) is 22.8 Å². The molecular weight excluding hydrogens is 561 g/mol. The lowest BCUT2D eigenvalue weighted by Gasteiger charge is -2.46. The standard InChI is InChI=1S/C23H22INO9/c1-2-33-15(27)8-34-14-7-10-5-9-6-11-12(24)3-4-13(26)17(11)19(28)16(9)20(29)23(10,32)21(30)18(14)22(25)31/h3-4,9-10,26,29,32H,2,5-8H2,1H3,(H2,25,31)/t9-,10+,23+/m1/s1. The lowest BCUT2D eigenvalue weighted by atomic mass is 9.60. The molecule has 0 heterocycles. The molecule has 0 saturated heterocycles. The number of carbonyl (C=O) groups excluding carboxylic acids is 4. The predicted octanol–water partition coefficient (Wildman–Crippen LogP) is 1.21. The molecule has 0 aromatic heterocycles. The van der Waals surface area contributed by atoms with E-state index in [0.717, 1.165) is 3.57 Å². The molecule has 3 aliphatic carbocycles. The molecule has 1 amide bonds. The number of rotatable bonds is 5. The lowest BCUT2D eigenvalue weighted by molar-refractivity contribution is -0.150. The van der Waals surface area contributed by atoms with Gasteiger partial charge in [0.25, 0.3) is 5.91 Å². The molecule has 10 nitrogen and oxygen atoms in total. The number of halogens is 1. The van der Waals surface area contributed by atoms with E-state index in [0.29, 0.717) is 12.0 Å². The van der Waals surface area contributed by atoms with Gasteiger partial charge in [0.05, 0.1) is 12.2 Å². The number of esters is 1. The molecule has 0 unspecified atom stereocenters. The van der Waals surface area contributed by atoms with Crippen molar-refractivity contribution in [3.05, 3.63) is 49.5 Å². The first-order valence-electron chi connectivity index (χ1n) is 10.6. The minimum Gasteiger partial charge on any atom is -0.508 e. The summed E-state index contributed by atoms with van der Waals surface area (Å²) < 4.78 is 10.9. The highest BCUT2D eigenvalue weighted by atomic mass is 127. The average molecular weight is 583 g/mol. The Kier molecular flexibility index (Phi) is 6.19. The summed E-state index contributed by atoms with van der Waals surface area (Å²) in [5, 5.41) is 32.8. The van der Waals surface area contributed by atoms with Crippen molar-refractivity contribution in [2.75, 3.05) is 13.2 Å². The third-order valence-electron chi connectivity index (χ3n) is 6.54. The number of ether oxygens (including phenoxy) is 2. The molecule has 4 rings (SSSR count). The SMILES string of the molecule is CCOC(=O)COC1=C(C(N)=O)C(=O)[C@@]2(O)C(O)=C3C(=O)c4c(O)ccc(I)c4C[C@H]3C[C@H]2C1. The van der Waals surface area contributed by atoms with Gasteiger partial charge < -0.3 is 30.5 Å². The number of nitrogens with two attached hydrogens (primary N) is 1. The minimum atomic E-state index is -2.57. The summed E-state index contributed by atoms with van der Waals surface area (Å²) in [5.41, 5.74) is 2.58. The number of phenols is 1. The van der Waals surface area contributed by atoms with Crippen molar-refractivity contribution >= 4 is 46.0 Å². The molecule has 0 spiro atoms. The molecule has 11 heteroatoms. The highest BCUT2D eigenvalue weighted by Gasteiger charge is 2.60. The van der Waals surface area contributed by atoms with E-state index in [9.17, 15) is 34.5 Å². The van der Waals surface area contributed by atoms with Crippen LogP contribution in [-0.4, -0.2) is 57.6 Å². The molecule has 34 heavy (non-hydrogen) atoms. The summed E-state index contributed by atoms with van der Waals surface area (Å²) in [7, 11) is 0. The zero-order chi connectivity index (χ0) is 24.9. The number of Topliss-reactive ketones (excluding diaryl/α,β-unsaturated/α-hetero) is 2. The third-order valence-corrected chi connectivity index (χ3v) is 7.55. The number of aromatic hydroxyl groups is 1. The Balaban J connectivity index is 1.79. The van der Waals surface area contributed by atoms with E-state index in [1.165, 1.54) is 6.07 Å². The summed E-state index contributed by atoms with van der Waals surface area (Å²) in [6, 6.07) is 3.03. The number of hydrogen-bond donors (Lipinski definition) is 4. The van der Waals surface area contributed by atoms with Crippen LogP contribution in [0.5, 0.6) is 5.75 Å². The molecule has 0 radical (unpaired) electrons. The van der Waals surface area contributed by atoms with Gasteiger partial charge in [-0.2, -0.15) is 0 Å². The number of fused-ring (bicyclic) bond motifs is 3. The fraction of sp³-hybridized carbons (Fsp3) is 0.391. The fourth-order valence-corrected chi connectivity index (χ4v) is 5.71. The van der Waals surface area contributed by atoms with Crippen molar-refractivity contribution in [1.82, 2.24) is 0 Å². The number of hydrogen-bond acceptors (Lipinski definition) is 9. The number of aliphatic hydroxyl groups is 2. The summed E-state index contributed by atoms with van der Waals surface area (Å²) in [5.74, 6) is -6.60. The maximum atomic E-state index is 13.3. The van der Waals surface area contributed by atoms with Gasteiger partial charge in [0.2, 0.25) is 5.78 Å². The first kappa shape index (κ1) is 24.2. The van der Waals surface area contributed by atoms with Crippen molar-refractivity contribution in [3.63, 3.8) is 0 Å². The topological polar surface area (TPSA) is 173 Å². The number of carbonyl (C=O) groups is 4.